The van der Waals surface area contributed by atoms with Crippen LogP contribution in [-0.2, 0) is 9.59 Å². The van der Waals surface area contributed by atoms with Crippen molar-refractivity contribution in [2.75, 3.05) is 16.0 Å². The summed E-state index contributed by atoms with van der Waals surface area (Å²) in [5, 5.41) is 8.67. The van der Waals surface area contributed by atoms with Gasteiger partial charge in [-0.2, -0.15) is 0 Å². The maximum atomic E-state index is 13.8. The van der Waals surface area contributed by atoms with Crippen LogP contribution in [0, 0.1) is 11.7 Å². The van der Waals surface area contributed by atoms with Crippen molar-refractivity contribution in [1.82, 2.24) is 0 Å². The lowest BCUT2D eigenvalue weighted by atomic mass is 10.2. The minimum absolute atomic E-state index is 0.0449. The molecule has 0 unspecified atom stereocenters. The van der Waals surface area contributed by atoms with E-state index in [9.17, 15) is 14.0 Å². The van der Waals surface area contributed by atoms with E-state index >= 15 is 0 Å². The van der Waals surface area contributed by atoms with Crippen LogP contribution in [0.5, 0.6) is 0 Å². The molecular weight excluding hydrogens is 357 g/mol. The van der Waals surface area contributed by atoms with Gasteiger partial charge in [0.25, 0.3) is 0 Å². The third-order valence-electron chi connectivity index (χ3n) is 4.07. The number of halogens is 2. The lowest BCUT2D eigenvalue weighted by Crippen LogP contribution is -2.32. The smallest absolute Gasteiger partial charge is 0.246 e. The largest absolute Gasteiger partial charge is 0.374 e. The zero-order valence-corrected chi connectivity index (χ0v) is 14.9. The Morgan fingerprint density at radius 1 is 1.08 bits per heavy atom. The molecule has 0 spiro atoms. The average molecular weight is 376 g/mol. The lowest BCUT2D eigenvalue weighted by Gasteiger charge is -2.16. The van der Waals surface area contributed by atoms with E-state index in [0.29, 0.717) is 11.4 Å². The summed E-state index contributed by atoms with van der Waals surface area (Å²) in [6.07, 6.45) is 1.90. The highest BCUT2D eigenvalue weighted by molar-refractivity contribution is 6.30. The van der Waals surface area contributed by atoms with E-state index < -0.39 is 11.9 Å². The van der Waals surface area contributed by atoms with Crippen molar-refractivity contribution >= 4 is 40.5 Å². The highest BCUT2D eigenvalue weighted by Gasteiger charge is 2.29. The van der Waals surface area contributed by atoms with Crippen molar-refractivity contribution in [3.63, 3.8) is 0 Å². The van der Waals surface area contributed by atoms with Gasteiger partial charge in [-0.15, -0.1) is 0 Å². The van der Waals surface area contributed by atoms with Crippen LogP contribution in [0.2, 0.25) is 5.02 Å². The molecule has 0 heterocycles. The van der Waals surface area contributed by atoms with Crippen LogP contribution >= 0.6 is 11.6 Å². The molecule has 136 valence electrons. The first-order chi connectivity index (χ1) is 12.4. The molecule has 26 heavy (non-hydrogen) atoms. The molecule has 1 fully saturated rings. The van der Waals surface area contributed by atoms with Crippen molar-refractivity contribution in [2.45, 2.75) is 25.8 Å². The Morgan fingerprint density at radius 2 is 1.73 bits per heavy atom. The Kier molecular flexibility index (Phi) is 5.42. The summed E-state index contributed by atoms with van der Waals surface area (Å²) in [6, 6.07) is 10.6. The second-order valence-corrected chi connectivity index (χ2v) is 6.76. The number of benzene rings is 2. The summed E-state index contributed by atoms with van der Waals surface area (Å²) in [6.45, 7) is 1.67. The number of carbonyl (C=O) groups is 2. The minimum atomic E-state index is -0.589. The zero-order chi connectivity index (χ0) is 18.7. The van der Waals surface area contributed by atoms with Crippen LogP contribution in [0.15, 0.2) is 42.5 Å². The van der Waals surface area contributed by atoms with Crippen LogP contribution in [0.25, 0.3) is 0 Å². The second kappa shape index (κ2) is 7.74. The fraction of sp³-hybridized carbons (Fsp3) is 0.263. The summed E-state index contributed by atoms with van der Waals surface area (Å²) in [5.41, 5.74) is 1.51. The normalized spacial score (nSPS) is 14.4. The predicted octanol–water partition coefficient (Wildman–Crippen LogP) is 4.27. The molecule has 0 aromatic heterocycles. The highest BCUT2D eigenvalue weighted by atomic mass is 35.5. The van der Waals surface area contributed by atoms with E-state index in [1.165, 1.54) is 12.1 Å². The van der Waals surface area contributed by atoms with E-state index in [4.69, 9.17) is 11.6 Å². The highest BCUT2D eigenvalue weighted by Crippen LogP contribution is 2.30. The van der Waals surface area contributed by atoms with E-state index in [1.807, 2.05) is 0 Å². The molecular formula is C19H19ClFN3O2. The van der Waals surface area contributed by atoms with Gasteiger partial charge in [0.05, 0.1) is 5.69 Å². The van der Waals surface area contributed by atoms with Crippen molar-refractivity contribution in [3.8, 4) is 0 Å². The second-order valence-electron chi connectivity index (χ2n) is 6.32. The lowest BCUT2D eigenvalue weighted by molar-refractivity contribution is -0.117. The van der Waals surface area contributed by atoms with Gasteiger partial charge in [0.2, 0.25) is 11.8 Å². The standard InChI is InChI=1S/C19H19ClFN3O2/c1-11(18(25)24-17-9-4-13(20)10-16(17)21)22-14-5-7-15(8-6-14)23-19(26)12-2-3-12/h4-12,22H,2-3H2,1H3,(H,23,26)(H,24,25)/t11-/m1/s1. The number of hydrogen-bond acceptors (Lipinski definition) is 3. The van der Waals surface area contributed by atoms with E-state index in [2.05, 4.69) is 16.0 Å². The number of amides is 2. The predicted molar refractivity (Wildman–Crippen MR) is 101 cm³/mol. The van der Waals surface area contributed by atoms with Crippen LogP contribution in [0.4, 0.5) is 21.5 Å². The van der Waals surface area contributed by atoms with Gasteiger partial charge in [-0.3, -0.25) is 9.59 Å². The summed E-state index contributed by atoms with van der Waals surface area (Å²) in [7, 11) is 0. The first-order valence-electron chi connectivity index (χ1n) is 8.36. The van der Waals surface area contributed by atoms with Gasteiger partial charge < -0.3 is 16.0 Å². The number of carbonyl (C=O) groups excluding carboxylic acids is 2. The van der Waals surface area contributed by atoms with Gasteiger partial charge >= 0.3 is 0 Å². The molecule has 2 amide bonds. The summed E-state index contributed by atoms with van der Waals surface area (Å²) < 4.78 is 13.8. The monoisotopic (exact) mass is 375 g/mol. The van der Waals surface area contributed by atoms with Gasteiger partial charge in [0.1, 0.15) is 11.9 Å². The molecule has 3 N–H and O–H groups in total. The molecule has 2 aromatic carbocycles. The molecule has 5 nitrogen and oxygen atoms in total. The number of hydrogen-bond donors (Lipinski definition) is 3. The number of anilines is 3. The van der Waals surface area contributed by atoms with Gasteiger partial charge in [-0.25, -0.2) is 4.39 Å². The van der Waals surface area contributed by atoms with Gasteiger partial charge in [-0.05, 0) is 62.2 Å². The maximum absolute atomic E-state index is 13.8. The fourth-order valence-corrected chi connectivity index (χ4v) is 2.55. The Balaban J connectivity index is 1.55. The molecule has 0 aliphatic heterocycles. The SMILES string of the molecule is C[C@@H](Nc1ccc(NC(=O)C2CC2)cc1)C(=O)Nc1ccc(Cl)cc1F. The topological polar surface area (TPSA) is 70.2 Å². The van der Waals surface area contributed by atoms with Crippen LogP contribution in [0.1, 0.15) is 19.8 Å². The van der Waals surface area contributed by atoms with Crippen molar-refractivity contribution in [2.24, 2.45) is 5.92 Å². The molecule has 1 atom stereocenters. The summed E-state index contributed by atoms with van der Waals surface area (Å²) in [5.74, 6) is -0.778. The minimum Gasteiger partial charge on any atom is -0.374 e. The molecule has 0 saturated heterocycles. The van der Waals surface area contributed by atoms with Crippen molar-refractivity contribution in [3.05, 3.63) is 53.3 Å². The molecule has 7 heteroatoms. The summed E-state index contributed by atoms with van der Waals surface area (Å²) in [4.78, 5) is 23.9. The van der Waals surface area contributed by atoms with E-state index in [-0.39, 0.29) is 28.4 Å². The van der Waals surface area contributed by atoms with E-state index in [0.717, 1.165) is 18.9 Å². The molecule has 2 aromatic rings. The van der Waals surface area contributed by atoms with Crippen LogP contribution < -0.4 is 16.0 Å². The zero-order valence-electron chi connectivity index (χ0n) is 14.2. The van der Waals surface area contributed by atoms with Crippen LogP contribution in [0.3, 0.4) is 0 Å². The Morgan fingerprint density at radius 3 is 2.35 bits per heavy atom. The Labute approximate surface area is 155 Å². The van der Waals surface area contributed by atoms with Crippen LogP contribution in [-0.4, -0.2) is 17.9 Å². The Bertz CT molecular complexity index is 822. The quantitative estimate of drug-likeness (QED) is 0.706. The molecule has 1 aliphatic carbocycles. The number of nitrogens with one attached hydrogen (secondary N) is 3. The molecule has 3 rings (SSSR count). The maximum Gasteiger partial charge on any atom is 0.246 e. The van der Waals surface area contributed by atoms with Gasteiger partial charge in [0.15, 0.2) is 0 Å². The van der Waals surface area contributed by atoms with Crippen molar-refractivity contribution in [1.29, 1.82) is 0 Å². The Hall–Kier alpha value is -2.60. The van der Waals surface area contributed by atoms with Crippen molar-refractivity contribution < 1.29 is 14.0 Å². The number of rotatable bonds is 6. The first-order valence-corrected chi connectivity index (χ1v) is 8.73. The summed E-state index contributed by atoms with van der Waals surface area (Å²) >= 11 is 5.70. The third kappa shape index (κ3) is 4.73. The average Bonchev–Trinajstić information content (AvgIpc) is 3.44. The molecule has 1 saturated carbocycles. The third-order valence-corrected chi connectivity index (χ3v) is 4.30. The fourth-order valence-electron chi connectivity index (χ4n) is 2.39. The first kappa shape index (κ1) is 18.2. The molecule has 0 bridgehead atoms. The van der Waals surface area contributed by atoms with Gasteiger partial charge in [0, 0.05) is 22.3 Å². The van der Waals surface area contributed by atoms with E-state index in [1.54, 1.807) is 31.2 Å². The molecule has 1 aliphatic rings. The van der Waals surface area contributed by atoms with Gasteiger partial charge in [-0.1, -0.05) is 11.6 Å². The molecule has 0 radical (unpaired) electrons.